The highest BCUT2D eigenvalue weighted by molar-refractivity contribution is 6.04. The number of anilines is 2. The molecule has 0 aliphatic rings. The first-order valence-corrected chi connectivity index (χ1v) is 7.79. The van der Waals surface area contributed by atoms with Gasteiger partial charge in [-0.1, -0.05) is 6.07 Å². The lowest BCUT2D eigenvalue weighted by atomic mass is 10.2. The second-order valence-electron chi connectivity index (χ2n) is 5.77. The average molecular weight is 326 g/mol. The zero-order chi connectivity index (χ0) is 17.7. The minimum Gasteiger partial charge on any atom is -0.491 e. The zero-order valence-electron chi connectivity index (χ0n) is 14.4. The second-order valence-corrected chi connectivity index (χ2v) is 5.77. The molecule has 5 heteroatoms. The quantitative estimate of drug-likeness (QED) is 0.911. The van der Waals surface area contributed by atoms with Crippen molar-refractivity contribution >= 4 is 23.2 Å². The van der Waals surface area contributed by atoms with Crippen molar-refractivity contribution < 1.29 is 14.3 Å². The molecule has 2 rings (SSSR count). The maximum absolute atomic E-state index is 12.3. The molecule has 24 heavy (non-hydrogen) atoms. The minimum absolute atomic E-state index is 0.0702. The molecule has 0 atom stereocenters. The average Bonchev–Trinajstić information content (AvgIpc) is 2.54. The lowest BCUT2D eigenvalue weighted by Gasteiger charge is -2.16. The van der Waals surface area contributed by atoms with E-state index < -0.39 is 0 Å². The number of hydrogen-bond donors (Lipinski definition) is 1. The van der Waals surface area contributed by atoms with Gasteiger partial charge in [0.25, 0.3) is 5.91 Å². The van der Waals surface area contributed by atoms with E-state index in [-0.39, 0.29) is 17.9 Å². The first-order chi connectivity index (χ1) is 11.4. The third-order valence-corrected chi connectivity index (χ3v) is 3.45. The summed E-state index contributed by atoms with van der Waals surface area (Å²) < 4.78 is 5.56. The third kappa shape index (κ3) is 4.59. The maximum Gasteiger partial charge on any atom is 0.255 e. The van der Waals surface area contributed by atoms with Gasteiger partial charge in [0.05, 0.1) is 6.10 Å². The third-order valence-electron chi connectivity index (χ3n) is 3.45. The number of rotatable bonds is 5. The molecule has 0 heterocycles. The van der Waals surface area contributed by atoms with Crippen LogP contribution in [-0.4, -0.2) is 25.0 Å². The SMILES string of the molecule is CC(=O)N(C)c1cccc(NC(=O)c2ccc(OC(C)C)cc2)c1. The molecule has 0 aromatic heterocycles. The molecule has 0 fully saturated rings. The summed E-state index contributed by atoms with van der Waals surface area (Å²) in [5, 5.41) is 2.83. The van der Waals surface area contributed by atoms with Gasteiger partial charge in [0.1, 0.15) is 5.75 Å². The van der Waals surface area contributed by atoms with E-state index >= 15 is 0 Å². The van der Waals surface area contributed by atoms with Gasteiger partial charge < -0.3 is 15.0 Å². The van der Waals surface area contributed by atoms with Crippen LogP contribution in [0.2, 0.25) is 0 Å². The van der Waals surface area contributed by atoms with Gasteiger partial charge in [0.15, 0.2) is 0 Å². The van der Waals surface area contributed by atoms with Crippen molar-refractivity contribution in [3.8, 4) is 5.75 Å². The van der Waals surface area contributed by atoms with Crippen molar-refractivity contribution in [2.75, 3.05) is 17.3 Å². The van der Waals surface area contributed by atoms with Gasteiger partial charge in [0.2, 0.25) is 5.91 Å². The van der Waals surface area contributed by atoms with Crippen LogP contribution in [-0.2, 0) is 4.79 Å². The summed E-state index contributed by atoms with van der Waals surface area (Å²) in [6.45, 7) is 5.39. The first-order valence-electron chi connectivity index (χ1n) is 7.79. The second kappa shape index (κ2) is 7.64. The Balaban J connectivity index is 2.09. The highest BCUT2D eigenvalue weighted by atomic mass is 16.5. The molecule has 0 aliphatic heterocycles. The van der Waals surface area contributed by atoms with Crippen molar-refractivity contribution in [2.45, 2.75) is 26.9 Å². The van der Waals surface area contributed by atoms with Gasteiger partial charge in [-0.15, -0.1) is 0 Å². The summed E-state index contributed by atoms with van der Waals surface area (Å²) in [6, 6.07) is 14.1. The summed E-state index contributed by atoms with van der Waals surface area (Å²) in [4.78, 5) is 25.3. The Morgan fingerprint density at radius 3 is 2.33 bits per heavy atom. The van der Waals surface area contributed by atoms with E-state index in [1.807, 2.05) is 19.9 Å². The number of amides is 2. The number of ether oxygens (including phenoxy) is 1. The molecule has 2 aromatic rings. The fourth-order valence-electron chi connectivity index (χ4n) is 2.13. The number of nitrogens with one attached hydrogen (secondary N) is 1. The molecule has 0 bridgehead atoms. The standard InChI is InChI=1S/C19H22N2O3/c1-13(2)24-18-10-8-15(9-11-18)19(23)20-16-6-5-7-17(12-16)21(4)14(3)22/h5-13H,1-4H3,(H,20,23). The molecule has 5 nitrogen and oxygen atoms in total. The molecule has 0 aliphatic carbocycles. The molecule has 2 amide bonds. The topological polar surface area (TPSA) is 58.6 Å². The van der Waals surface area contributed by atoms with Crippen LogP contribution >= 0.6 is 0 Å². The number of benzene rings is 2. The molecular formula is C19H22N2O3. The van der Waals surface area contributed by atoms with Crippen molar-refractivity contribution in [3.63, 3.8) is 0 Å². The van der Waals surface area contributed by atoms with Crippen LogP contribution in [0.1, 0.15) is 31.1 Å². The van der Waals surface area contributed by atoms with Crippen molar-refractivity contribution in [3.05, 3.63) is 54.1 Å². The van der Waals surface area contributed by atoms with Crippen molar-refractivity contribution in [2.24, 2.45) is 0 Å². The van der Waals surface area contributed by atoms with Crippen molar-refractivity contribution in [1.82, 2.24) is 0 Å². The lowest BCUT2D eigenvalue weighted by molar-refractivity contribution is -0.116. The normalized spacial score (nSPS) is 10.4. The van der Waals surface area contributed by atoms with Crippen LogP contribution in [0.5, 0.6) is 5.75 Å². The summed E-state index contributed by atoms with van der Waals surface area (Å²) in [6.07, 6.45) is 0.0886. The van der Waals surface area contributed by atoms with E-state index in [1.54, 1.807) is 49.5 Å². The highest BCUT2D eigenvalue weighted by Crippen LogP contribution is 2.20. The van der Waals surface area contributed by atoms with Crippen LogP contribution in [0.25, 0.3) is 0 Å². The van der Waals surface area contributed by atoms with E-state index in [0.29, 0.717) is 11.3 Å². The molecule has 0 unspecified atom stereocenters. The first kappa shape index (κ1) is 17.5. The van der Waals surface area contributed by atoms with Crippen molar-refractivity contribution in [1.29, 1.82) is 0 Å². The zero-order valence-corrected chi connectivity index (χ0v) is 14.4. The molecule has 2 aromatic carbocycles. The Labute approximate surface area is 142 Å². The summed E-state index contributed by atoms with van der Waals surface area (Å²) >= 11 is 0. The number of carbonyl (C=O) groups excluding carboxylic acids is 2. The smallest absolute Gasteiger partial charge is 0.255 e. The Morgan fingerprint density at radius 2 is 1.75 bits per heavy atom. The molecule has 0 spiro atoms. The molecule has 1 N–H and O–H groups in total. The summed E-state index contributed by atoms with van der Waals surface area (Å²) in [5.41, 5.74) is 1.89. The van der Waals surface area contributed by atoms with E-state index in [4.69, 9.17) is 4.74 Å². The lowest BCUT2D eigenvalue weighted by Crippen LogP contribution is -2.23. The van der Waals surface area contributed by atoms with E-state index in [9.17, 15) is 9.59 Å². The van der Waals surface area contributed by atoms with Gasteiger partial charge >= 0.3 is 0 Å². The van der Waals surface area contributed by atoms with Crippen LogP contribution in [0.15, 0.2) is 48.5 Å². The highest BCUT2D eigenvalue weighted by Gasteiger charge is 2.09. The molecule has 126 valence electrons. The number of hydrogen-bond acceptors (Lipinski definition) is 3. The predicted octanol–water partition coefficient (Wildman–Crippen LogP) is 3.71. The van der Waals surface area contributed by atoms with E-state index in [2.05, 4.69) is 5.32 Å². The largest absolute Gasteiger partial charge is 0.491 e. The van der Waals surface area contributed by atoms with Gasteiger partial charge in [-0.25, -0.2) is 0 Å². The molecular weight excluding hydrogens is 304 g/mol. The predicted molar refractivity (Wildman–Crippen MR) is 95.7 cm³/mol. The fourth-order valence-corrected chi connectivity index (χ4v) is 2.13. The fraction of sp³-hybridized carbons (Fsp3) is 0.263. The summed E-state index contributed by atoms with van der Waals surface area (Å²) in [5.74, 6) is 0.444. The Kier molecular flexibility index (Phi) is 5.58. The monoisotopic (exact) mass is 326 g/mol. The van der Waals surface area contributed by atoms with Gasteiger partial charge in [0, 0.05) is 30.9 Å². The molecule has 0 saturated carbocycles. The Bertz CT molecular complexity index is 724. The molecule has 0 saturated heterocycles. The van der Waals surface area contributed by atoms with E-state index in [1.165, 1.54) is 11.8 Å². The Morgan fingerprint density at radius 1 is 1.08 bits per heavy atom. The summed E-state index contributed by atoms with van der Waals surface area (Å²) in [7, 11) is 1.69. The maximum atomic E-state index is 12.3. The number of carbonyl (C=O) groups is 2. The molecule has 0 radical (unpaired) electrons. The van der Waals surface area contributed by atoms with Gasteiger partial charge in [-0.3, -0.25) is 9.59 Å². The van der Waals surface area contributed by atoms with Crippen LogP contribution < -0.4 is 15.0 Å². The van der Waals surface area contributed by atoms with Crippen LogP contribution in [0.4, 0.5) is 11.4 Å². The number of nitrogens with zero attached hydrogens (tertiary/aromatic N) is 1. The van der Waals surface area contributed by atoms with E-state index in [0.717, 1.165) is 11.4 Å². The van der Waals surface area contributed by atoms with Gasteiger partial charge in [-0.05, 0) is 56.3 Å². The minimum atomic E-state index is -0.214. The van der Waals surface area contributed by atoms with Crippen LogP contribution in [0, 0.1) is 0 Å². The van der Waals surface area contributed by atoms with Crippen LogP contribution in [0.3, 0.4) is 0 Å². The van der Waals surface area contributed by atoms with Gasteiger partial charge in [-0.2, -0.15) is 0 Å². The Hall–Kier alpha value is -2.82.